The molecule has 0 atom stereocenters. The number of anilines is 1. The molecule has 23 heavy (non-hydrogen) atoms. The average Bonchev–Trinajstić information content (AvgIpc) is 3.24. The molecule has 2 aromatic carbocycles. The molecule has 1 amide bonds. The average molecular weight is 338 g/mol. The second kappa shape index (κ2) is 6.26. The van der Waals surface area contributed by atoms with Gasteiger partial charge in [-0.1, -0.05) is 48.5 Å². The molecule has 4 rings (SSSR count). The predicted molar refractivity (Wildman–Crippen MR) is 98.8 cm³/mol. The summed E-state index contributed by atoms with van der Waals surface area (Å²) in [6.45, 7) is 0. The zero-order valence-corrected chi connectivity index (χ0v) is 13.9. The van der Waals surface area contributed by atoms with Crippen molar-refractivity contribution in [1.82, 2.24) is 0 Å². The molecule has 0 bridgehead atoms. The second-order valence-electron chi connectivity index (χ2n) is 5.13. The molecule has 0 aliphatic carbocycles. The van der Waals surface area contributed by atoms with Gasteiger partial charge < -0.3 is 0 Å². The minimum absolute atomic E-state index is 0.0352. The number of para-hydroxylation sites is 1. The summed E-state index contributed by atoms with van der Waals surface area (Å²) in [5.41, 5.74) is 3.30. The summed E-state index contributed by atoms with van der Waals surface area (Å²) in [5.74, 6) is 2.06. The van der Waals surface area contributed by atoms with E-state index in [9.17, 15) is 4.79 Å². The number of benzene rings is 2. The molecule has 114 valence electrons. The quantitative estimate of drug-likeness (QED) is 0.772. The van der Waals surface area contributed by atoms with Crippen molar-refractivity contribution in [2.45, 2.75) is 0 Å². The van der Waals surface area contributed by atoms with E-state index in [-0.39, 0.29) is 5.91 Å². The summed E-state index contributed by atoms with van der Waals surface area (Å²) in [6.07, 6.45) is 0. The van der Waals surface area contributed by atoms with Crippen LogP contribution in [0.25, 0.3) is 0 Å². The largest absolute Gasteiger partial charge is 0.282 e. The van der Waals surface area contributed by atoms with Crippen LogP contribution in [-0.4, -0.2) is 23.1 Å². The maximum absolute atomic E-state index is 13.0. The van der Waals surface area contributed by atoms with Gasteiger partial charge in [-0.3, -0.25) is 4.79 Å². The fourth-order valence-corrected chi connectivity index (χ4v) is 5.11. The molecule has 0 radical (unpaired) electrons. The Balaban J connectivity index is 1.85. The first-order valence-corrected chi connectivity index (χ1v) is 9.35. The number of hydrazone groups is 1. The van der Waals surface area contributed by atoms with Gasteiger partial charge in [0, 0.05) is 17.1 Å². The summed E-state index contributed by atoms with van der Waals surface area (Å²) < 4.78 is 1.09. The Hall–Kier alpha value is -1.98. The van der Waals surface area contributed by atoms with Crippen molar-refractivity contribution in [3.05, 3.63) is 76.0 Å². The number of carbonyl (C=O) groups is 1. The van der Waals surface area contributed by atoms with Gasteiger partial charge in [0.2, 0.25) is 0 Å². The molecule has 0 unspecified atom stereocenters. The van der Waals surface area contributed by atoms with Crippen LogP contribution in [0.3, 0.4) is 0 Å². The lowest BCUT2D eigenvalue weighted by molar-refractivity contribution is -0.114. The second-order valence-corrected chi connectivity index (χ2v) is 7.60. The molecule has 1 saturated heterocycles. The van der Waals surface area contributed by atoms with Crippen LogP contribution in [0.4, 0.5) is 5.69 Å². The van der Waals surface area contributed by atoms with Crippen LogP contribution in [0, 0.1) is 0 Å². The van der Waals surface area contributed by atoms with E-state index < -0.39 is 0 Å². The lowest BCUT2D eigenvalue weighted by atomic mass is 10.0. The monoisotopic (exact) mass is 338 g/mol. The molecule has 2 aliphatic heterocycles. The van der Waals surface area contributed by atoms with Crippen molar-refractivity contribution >= 4 is 40.8 Å². The molecule has 0 N–H and O–H groups in total. The van der Waals surface area contributed by atoms with E-state index in [1.165, 1.54) is 5.01 Å². The van der Waals surface area contributed by atoms with Crippen LogP contribution in [0.5, 0.6) is 0 Å². The number of rotatable bonds is 2. The SMILES string of the molecule is O=C1C(=C2SCCS2)C(c2ccccc2)=NN1c1ccccc1. The van der Waals surface area contributed by atoms with Gasteiger partial charge in [-0.25, -0.2) is 0 Å². The lowest BCUT2D eigenvalue weighted by Crippen LogP contribution is -2.21. The van der Waals surface area contributed by atoms with Gasteiger partial charge in [0.25, 0.3) is 5.91 Å². The summed E-state index contributed by atoms with van der Waals surface area (Å²) in [7, 11) is 0. The zero-order chi connectivity index (χ0) is 15.6. The summed E-state index contributed by atoms with van der Waals surface area (Å²) >= 11 is 3.51. The fraction of sp³-hybridized carbons (Fsp3) is 0.111. The van der Waals surface area contributed by atoms with E-state index in [2.05, 4.69) is 5.10 Å². The molecule has 0 saturated carbocycles. The molecule has 1 fully saturated rings. The normalized spacial score (nSPS) is 17.8. The molecule has 0 aromatic heterocycles. The first-order chi connectivity index (χ1) is 11.3. The van der Waals surface area contributed by atoms with Crippen LogP contribution in [0.1, 0.15) is 5.56 Å². The first kappa shape index (κ1) is 14.6. The summed E-state index contributed by atoms with van der Waals surface area (Å²) in [4.78, 5) is 13.0. The van der Waals surface area contributed by atoms with Crippen molar-refractivity contribution in [2.75, 3.05) is 16.5 Å². The lowest BCUT2D eigenvalue weighted by Gasteiger charge is -2.11. The van der Waals surface area contributed by atoms with Gasteiger partial charge in [0.1, 0.15) is 5.71 Å². The highest BCUT2D eigenvalue weighted by molar-refractivity contribution is 8.25. The highest BCUT2D eigenvalue weighted by atomic mass is 32.2. The Morgan fingerprint density at radius 2 is 1.48 bits per heavy atom. The molecular weight excluding hydrogens is 324 g/mol. The van der Waals surface area contributed by atoms with Crippen molar-refractivity contribution in [2.24, 2.45) is 5.10 Å². The van der Waals surface area contributed by atoms with Gasteiger partial charge in [-0.2, -0.15) is 10.1 Å². The predicted octanol–water partition coefficient (Wildman–Crippen LogP) is 4.13. The number of nitrogens with zero attached hydrogens (tertiary/aromatic N) is 2. The molecular formula is C18H14N2OS2. The van der Waals surface area contributed by atoms with Crippen LogP contribution in [-0.2, 0) is 4.79 Å². The van der Waals surface area contributed by atoms with Crippen LogP contribution in [0.2, 0.25) is 0 Å². The zero-order valence-electron chi connectivity index (χ0n) is 12.3. The minimum Gasteiger partial charge on any atom is -0.267 e. The first-order valence-electron chi connectivity index (χ1n) is 7.38. The topological polar surface area (TPSA) is 32.7 Å². The van der Waals surface area contributed by atoms with Gasteiger partial charge in [0.05, 0.1) is 15.5 Å². The Morgan fingerprint density at radius 3 is 2.13 bits per heavy atom. The minimum atomic E-state index is -0.0352. The van der Waals surface area contributed by atoms with E-state index in [0.29, 0.717) is 0 Å². The molecule has 2 heterocycles. The van der Waals surface area contributed by atoms with Crippen LogP contribution in [0.15, 0.2) is 75.6 Å². The number of hydrogen-bond donors (Lipinski definition) is 0. The fourth-order valence-electron chi connectivity index (χ4n) is 2.58. The Labute approximate surface area is 143 Å². The molecule has 2 aromatic rings. The molecule has 5 heteroatoms. The maximum atomic E-state index is 13.0. The van der Waals surface area contributed by atoms with Crippen LogP contribution >= 0.6 is 23.5 Å². The Kier molecular flexibility index (Phi) is 3.97. The van der Waals surface area contributed by atoms with E-state index in [1.807, 2.05) is 60.7 Å². The van der Waals surface area contributed by atoms with E-state index >= 15 is 0 Å². The van der Waals surface area contributed by atoms with Crippen molar-refractivity contribution in [3.8, 4) is 0 Å². The number of thioether (sulfide) groups is 2. The third-order valence-corrected chi connectivity index (χ3v) is 6.36. The van der Waals surface area contributed by atoms with Gasteiger partial charge >= 0.3 is 0 Å². The Morgan fingerprint density at radius 1 is 0.870 bits per heavy atom. The van der Waals surface area contributed by atoms with E-state index in [4.69, 9.17) is 0 Å². The van der Waals surface area contributed by atoms with Gasteiger partial charge in [0.15, 0.2) is 0 Å². The van der Waals surface area contributed by atoms with Crippen LogP contribution < -0.4 is 5.01 Å². The van der Waals surface area contributed by atoms with Gasteiger partial charge in [-0.15, -0.1) is 23.5 Å². The number of carbonyl (C=O) groups excluding carboxylic acids is 1. The van der Waals surface area contributed by atoms with Gasteiger partial charge in [-0.05, 0) is 12.1 Å². The third kappa shape index (κ3) is 2.71. The molecule has 2 aliphatic rings. The standard InChI is InChI=1S/C18H14N2OS2/c21-17-15(18-22-11-12-23-18)16(13-7-3-1-4-8-13)19-20(17)14-9-5-2-6-10-14/h1-10H,11-12H2. The number of hydrogen-bond acceptors (Lipinski definition) is 4. The summed E-state index contributed by atoms with van der Waals surface area (Å²) in [5, 5.41) is 6.17. The van der Waals surface area contributed by atoms with Crippen molar-refractivity contribution < 1.29 is 4.79 Å². The molecule has 3 nitrogen and oxygen atoms in total. The Bertz CT molecular complexity index is 792. The number of amides is 1. The summed E-state index contributed by atoms with van der Waals surface area (Å²) in [6, 6.07) is 19.5. The molecule has 0 spiro atoms. The van der Waals surface area contributed by atoms with E-state index in [0.717, 1.165) is 38.3 Å². The highest BCUT2D eigenvalue weighted by Gasteiger charge is 2.35. The van der Waals surface area contributed by atoms with E-state index in [1.54, 1.807) is 23.5 Å². The third-order valence-electron chi connectivity index (χ3n) is 3.64. The maximum Gasteiger partial charge on any atom is 0.282 e. The smallest absolute Gasteiger partial charge is 0.267 e. The highest BCUT2D eigenvalue weighted by Crippen LogP contribution is 2.42. The van der Waals surface area contributed by atoms with Crippen molar-refractivity contribution in [3.63, 3.8) is 0 Å². The van der Waals surface area contributed by atoms with Crippen molar-refractivity contribution in [1.29, 1.82) is 0 Å².